The van der Waals surface area contributed by atoms with Gasteiger partial charge in [0.1, 0.15) is 0 Å². The van der Waals surface area contributed by atoms with Gasteiger partial charge in [0.05, 0.1) is 19.8 Å². The Morgan fingerprint density at radius 3 is 3.06 bits per heavy atom. The van der Waals surface area contributed by atoms with Gasteiger partial charge in [0.2, 0.25) is 0 Å². The Kier molecular flexibility index (Phi) is 8.61. The highest BCUT2D eigenvalue weighted by atomic mass is 16.5. The highest BCUT2D eigenvalue weighted by Gasteiger charge is 2.18. The first-order valence-corrected chi connectivity index (χ1v) is 6.98. The van der Waals surface area contributed by atoms with Crippen molar-refractivity contribution < 1.29 is 9.84 Å². The van der Waals surface area contributed by atoms with Gasteiger partial charge < -0.3 is 20.1 Å². The average Bonchev–Trinajstić information content (AvgIpc) is 2.36. The fourth-order valence-corrected chi connectivity index (χ4v) is 2.36. The second-order valence-electron chi connectivity index (χ2n) is 4.85. The van der Waals surface area contributed by atoms with Gasteiger partial charge in [-0.2, -0.15) is 0 Å². The van der Waals surface area contributed by atoms with E-state index >= 15 is 0 Å². The Bertz CT molecular complexity index is 179. The molecule has 0 spiro atoms. The molecule has 17 heavy (non-hydrogen) atoms. The van der Waals surface area contributed by atoms with E-state index in [-0.39, 0.29) is 6.61 Å². The minimum Gasteiger partial charge on any atom is -0.394 e. The van der Waals surface area contributed by atoms with Gasteiger partial charge in [-0.1, -0.05) is 6.92 Å². The number of hydrogen-bond acceptors (Lipinski definition) is 4. The van der Waals surface area contributed by atoms with Crippen LogP contribution in [0.1, 0.15) is 26.2 Å². The number of aliphatic hydroxyl groups excluding tert-OH is 1. The van der Waals surface area contributed by atoms with Crippen molar-refractivity contribution in [2.75, 3.05) is 52.5 Å². The van der Waals surface area contributed by atoms with Gasteiger partial charge in [0.15, 0.2) is 0 Å². The summed E-state index contributed by atoms with van der Waals surface area (Å²) in [6, 6.07) is 0. The summed E-state index contributed by atoms with van der Waals surface area (Å²) >= 11 is 0. The molecule has 0 radical (unpaired) electrons. The zero-order valence-electron chi connectivity index (χ0n) is 11.2. The van der Waals surface area contributed by atoms with Gasteiger partial charge in [-0.15, -0.1) is 0 Å². The minimum atomic E-state index is 0.129. The Morgan fingerprint density at radius 2 is 2.29 bits per heavy atom. The van der Waals surface area contributed by atoms with Gasteiger partial charge in [-0.05, 0) is 44.8 Å². The molecular weight excluding hydrogens is 216 g/mol. The monoisotopic (exact) mass is 244 g/mol. The number of rotatable bonds is 9. The maximum Gasteiger partial charge on any atom is 0.0698 e. The molecule has 2 N–H and O–H groups in total. The molecule has 0 aliphatic carbocycles. The molecule has 1 heterocycles. The summed E-state index contributed by atoms with van der Waals surface area (Å²) in [5.74, 6) is 0.799. The van der Waals surface area contributed by atoms with Gasteiger partial charge >= 0.3 is 0 Å². The fraction of sp³-hybridized carbons (Fsp3) is 1.00. The van der Waals surface area contributed by atoms with Crippen LogP contribution in [0.3, 0.4) is 0 Å². The van der Waals surface area contributed by atoms with Gasteiger partial charge in [0.25, 0.3) is 0 Å². The van der Waals surface area contributed by atoms with Crippen LogP contribution in [0.2, 0.25) is 0 Å². The molecule has 1 saturated heterocycles. The summed E-state index contributed by atoms with van der Waals surface area (Å²) in [6.45, 7) is 9.24. The van der Waals surface area contributed by atoms with E-state index in [1.165, 1.54) is 32.4 Å². The van der Waals surface area contributed by atoms with Crippen LogP contribution in [0.5, 0.6) is 0 Å². The standard InChI is InChI=1S/C13H28N2O2/c1-2-5-14-11-13-4-3-6-15(12-13)7-9-17-10-8-16/h13-14,16H,2-12H2,1H3. The van der Waals surface area contributed by atoms with Crippen LogP contribution in [0.25, 0.3) is 0 Å². The highest BCUT2D eigenvalue weighted by Crippen LogP contribution is 2.15. The van der Waals surface area contributed by atoms with E-state index in [0.29, 0.717) is 6.61 Å². The lowest BCUT2D eigenvalue weighted by Gasteiger charge is -2.32. The minimum absolute atomic E-state index is 0.129. The summed E-state index contributed by atoms with van der Waals surface area (Å²) in [5.41, 5.74) is 0. The van der Waals surface area contributed by atoms with Gasteiger partial charge in [-0.3, -0.25) is 0 Å². The zero-order chi connectivity index (χ0) is 12.3. The predicted octanol–water partition coefficient (Wildman–Crippen LogP) is 0.707. The molecule has 1 rings (SSSR count). The van der Waals surface area contributed by atoms with Crippen LogP contribution in [0.4, 0.5) is 0 Å². The molecule has 1 fully saturated rings. The lowest BCUT2D eigenvalue weighted by molar-refractivity contribution is 0.0625. The first kappa shape index (κ1) is 14.9. The molecular formula is C13H28N2O2. The van der Waals surface area contributed by atoms with E-state index in [2.05, 4.69) is 17.1 Å². The first-order valence-electron chi connectivity index (χ1n) is 6.98. The first-order chi connectivity index (χ1) is 8.36. The number of nitrogens with zero attached hydrogens (tertiary/aromatic N) is 1. The maximum absolute atomic E-state index is 8.62. The molecule has 102 valence electrons. The molecule has 4 nitrogen and oxygen atoms in total. The average molecular weight is 244 g/mol. The molecule has 1 atom stereocenters. The Hall–Kier alpha value is -0.160. The summed E-state index contributed by atoms with van der Waals surface area (Å²) in [6.07, 6.45) is 3.87. The van der Waals surface area contributed by atoms with E-state index < -0.39 is 0 Å². The molecule has 0 amide bonds. The fourth-order valence-electron chi connectivity index (χ4n) is 2.36. The van der Waals surface area contributed by atoms with E-state index in [1.54, 1.807) is 0 Å². The van der Waals surface area contributed by atoms with Crippen molar-refractivity contribution in [2.24, 2.45) is 5.92 Å². The van der Waals surface area contributed by atoms with Crippen LogP contribution >= 0.6 is 0 Å². The van der Waals surface area contributed by atoms with E-state index in [1.807, 2.05) is 0 Å². The number of piperidine rings is 1. The summed E-state index contributed by atoms with van der Waals surface area (Å²) < 4.78 is 5.31. The lowest BCUT2D eigenvalue weighted by atomic mass is 9.98. The number of ether oxygens (including phenoxy) is 1. The molecule has 0 saturated carbocycles. The van der Waals surface area contributed by atoms with Crippen molar-refractivity contribution in [3.63, 3.8) is 0 Å². The second-order valence-corrected chi connectivity index (χ2v) is 4.85. The van der Waals surface area contributed by atoms with Crippen molar-refractivity contribution >= 4 is 0 Å². The molecule has 1 unspecified atom stereocenters. The summed E-state index contributed by atoms with van der Waals surface area (Å²) in [7, 11) is 0. The van der Waals surface area contributed by atoms with E-state index in [0.717, 1.165) is 32.2 Å². The number of likely N-dealkylation sites (tertiary alicyclic amines) is 1. The summed E-state index contributed by atoms with van der Waals surface area (Å²) in [5, 5.41) is 12.1. The van der Waals surface area contributed by atoms with Crippen molar-refractivity contribution in [2.45, 2.75) is 26.2 Å². The number of aliphatic hydroxyl groups is 1. The van der Waals surface area contributed by atoms with Gasteiger partial charge in [0, 0.05) is 13.1 Å². The third-order valence-corrected chi connectivity index (χ3v) is 3.25. The quantitative estimate of drug-likeness (QED) is 0.586. The Morgan fingerprint density at radius 1 is 1.41 bits per heavy atom. The van der Waals surface area contributed by atoms with Crippen molar-refractivity contribution in [1.82, 2.24) is 10.2 Å². The SMILES string of the molecule is CCCNCC1CCCN(CCOCCO)C1. The second kappa shape index (κ2) is 9.83. The van der Waals surface area contributed by atoms with Crippen LogP contribution < -0.4 is 5.32 Å². The molecule has 0 aromatic carbocycles. The van der Waals surface area contributed by atoms with E-state index in [4.69, 9.17) is 9.84 Å². The molecule has 0 aromatic rings. The molecule has 0 bridgehead atoms. The Labute approximate surface area is 105 Å². The van der Waals surface area contributed by atoms with Gasteiger partial charge in [-0.25, -0.2) is 0 Å². The largest absolute Gasteiger partial charge is 0.394 e. The van der Waals surface area contributed by atoms with Crippen LogP contribution in [0, 0.1) is 5.92 Å². The third-order valence-electron chi connectivity index (χ3n) is 3.25. The van der Waals surface area contributed by atoms with Crippen molar-refractivity contribution in [1.29, 1.82) is 0 Å². The smallest absolute Gasteiger partial charge is 0.0698 e. The lowest BCUT2D eigenvalue weighted by Crippen LogP contribution is -2.41. The molecule has 4 heteroatoms. The highest BCUT2D eigenvalue weighted by molar-refractivity contribution is 4.74. The van der Waals surface area contributed by atoms with Crippen LogP contribution in [-0.4, -0.2) is 62.6 Å². The van der Waals surface area contributed by atoms with Crippen LogP contribution in [-0.2, 0) is 4.74 Å². The topological polar surface area (TPSA) is 44.7 Å². The summed E-state index contributed by atoms with van der Waals surface area (Å²) in [4.78, 5) is 2.49. The zero-order valence-corrected chi connectivity index (χ0v) is 11.2. The third kappa shape index (κ3) is 6.99. The molecule has 0 aromatic heterocycles. The van der Waals surface area contributed by atoms with Crippen molar-refractivity contribution in [3.8, 4) is 0 Å². The Balaban J connectivity index is 2.06. The van der Waals surface area contributed by atoms with Crippen molar-refractivity contribution in [3.05, 3.63) is 0 Å². The van der Waals surface area contributed by atoms with E-state index in [9.17, 15) is 0 Å². The van der Waals surface area contributed by atoms with Crippen LogP contribution in [0.15, 0.2) is 0 Å². The predicted molar refractivity (Wildman–Crippen MR) is 70.2 cm³/mol. The number of nitrogens with one attached hydrogen (secondary N) is 1. The molecule has 1 aliphatic rings. The number of hydrogen-bond donors (Lipinski definition) is 2. The molecule has 1 aliphatic heterocycles. The maximum atomic E-state index is 8.62. The normalized spacial score (nSPS) is 21.9.